The molecular weight excluding hydrogens is 619 g/mol. The van der Waals surface area contributed by atoms with E-state index < -0.39 is 0 Å². The maximum absolute atomic E-state index is 6.57. The van der Waals surface area contributed by atoms with Gasteiger partial charge in [0.1, 0.15) is 10.8 Å². The summed E-state index contributed by atoms with van der Waals surface area (Å²) >= 11 is 6.57. The summed E-state index contributed by atoms with van der Waals surface area (Å²) in [5.41, 5.74) is 4.69. The number of para-hydroxylation sites is 1. The van der Waals surface area contributed by atoms with Crippen LogP contribution in [-0.4, -0.2) is 102 Å². The topological polar surface area (TPSA) is 98.6 Å². The molecule has 244 valence electrons. The number of nitrogens with zero attached hydrogens (tertiary/aromatic N) is 7. The summed E-state index contributed by atoms with van der Waals surface area (Å²) in [6.45, 7) is 11.0. The number of ether oxygens (including phenoxy) is 1. The molecule has 4 heterocycles. The van der Waals surface area contributed by atoms with E-state index in [0.717, 1.165) is 80.5 Å². The largest absolute Gasteiger partial charge is 0.494 e. The summed E-state index contributed by atoms with van der Waals surface area (Å²) in [7, 11) is 5.50. The van der Waals surface area contributed by atoms with E-state index in [4.69, 9.17) is 21.3 Å². The van der Waals surface area contributed by atoms with Crippen molar-refractivity contribution in [2.45, 2.75) is 18.9 Å². The number of hydrogen-bond donors (Lipinski definition) is 3. The molecule has 0 unspecified atom stereocenters. The molecule has 4 aromatic rings. The maximum atomic E-state index is 6.57. The summed E-state index contributed by atoms with van der Waals surface area (Å²) in [6, 6.07) is 13.1. The van der Waals surface area contributed by atoms with Crippen LogP contribution in [0.2, 0.25) is 5.02 Å². The normalized spacial score (nSPS) is 16.5. The Morgan fingerprint density at radius 2 is 1.65 bits per heavy atom. The van der Waals surface area contributed by atoms with Gasteiger partial charge >= 0.3 is 0 Å². The van der Waals surface area contributed by atoms with Gasteiger partial charge in [-0.15, -0.1) is 0 Å². The summed E-state index contributed by atoms with van der Waals surface area (Å²) in [4.78, 5) is 16.8. The Bertz CT molecular complexity index is 1630. The fourth-order valence-corrected chi connectivity index (χ4v) is 7.36. The standard InChI is InChI=1S/C33H44ClN10OP/c1-41-14-16-43(17-15-41)24-10-12-44(13-11-24)29-19-30(45-3)28(18-27(29)37-23-20-36-42(2)22-23)39-33-35-21-25(34)32(40-33)38-26-8-6-7-9-31(26)46(4)5/h6-9,18-22,24,37H,10-17H2,1-5H3,(H2,35,38,39,40). The summed E-state index contributed by atoms with van der Waals surface area (Å²) in [5, 5.41) is 16.5. The van der Waals surface area contributed by atoms with Crippen molar-refractivity contribution in [3.63, 3.8) is 0 Å². The highest BCUT2D eigenvalue weighted by molar-refractivity contribution is 7.64. The van der Waals surface area contributed by atoms with Crippen LogP contribution in [0.4, 0.5) is 40.2 Å². The minimum Gasteiger partial charge on any atom is -0.494 e. The van der Waals surface area contributed by atoms with Crippen molar-refractivity contribution in [3.8, 4) is 5.75 Å². The number of aromatic nitrogens is 4. The van der Waals surface area contributed by atoms with Crippen molar-refractivity contribution >= 4 is 65.0 Å². The van der Waals surface area contributed by atoms with Crippen LogP contribution in [0.25, 0.3) is 0 Å². The molecule has 2 aliphatic heterocycles. The monoisotopic (exact) mass is 662 g/mol. The molecule has 0 radical (unpaired) electrons. The lowest BCUT2D eigenvalue weighted by atomic mass is 10.0. The average molecular weight is 663 g/mol. The molecule has 46 heavy (non-hydrogen) atoms. The van der Waals surface area contributed by atoms with Crippen molar-refractivity contribution in [3.05, 3.63) is 60.0 Å². The Morgan fingerprint density at radius 3 is 2.35 bits per heavy atom. The molecule has 2 saturated heterocycles. The lowest BCUT2D eigenvalue weighted by Gasteiger charge is -2.43. The number of anilines is 7. The van der Waals surface area contributed by atoms with Gasteiger partial charge in [0, 0.05) is 70.3 Å². The Kier molecular flexibility index (Phi) is 10.1. The molecule has 11 nitrogen and oxygen atoms in total. The first kappa shape index (κ1) is 32.3. The smallest absolute Gasteiger partial charge is 0.229 e. The summed E-state index contributed by atoms with van der Waals surface area (Å²) < 4.78 is 7.73. The second-order valence-electron chi connectivity index (χ2n) is 12.2. The van der Waals surface area contributed by atoms with Crippen molar-refractivity contribution in [2.75, 3.05) is 87.6 Å². The highest BCUT2D eigenvalue weighted by Crippen LogP contribution is 2.41. The second-order valence-corrected chi connectivity index (χ2v) is 14.9. The fraction of sp³-hybridized carbons (Fsp3) is 0.424. The van der Waals surface area contributed by atoms with Crippen molar-refractivity contribution in [2.24, 2.45) is 7.05 Å². The number of halogens is 1. The van der Waals surface area contributed by atoms with Crippen molar-refractivity contribution in [1.29, 1.82) is 0 Å². The van der Waals surface area contributed by atoms with Crippen LogP contribution in [0.3, 0.4) is 0 Å². The maximum Gasteiger partial charge on any atom is 0.229 e. The number of benzene rings is 2. The fourth-order valence-electron chi connectivity index (χ4n) is 6.23. The van der Waals surface area contributed by atoms with E-state index >= 15 is 0 Å². The number of aryl methyl sites for hydroxylation is 1. The molecule has 2 aromatic carbocycles. The van der Waals surface area contributed by atoms with E-state index in [1.807, 2.05) is 25.5 Å². The van der Waals surface area contributed by atoms with Gasteiger partial charge in [-0.05, 0) is 50.7 Å². The van der Waals surface area contributed by atoms with Crippen LogP contribution in [0.5, 0.6) is 5.75 Å². The summed E-state index contributed by atoms with van der Waals surface area (Å²) in [6.07, 6.45) is 7.68. The van der Waals surface area contributed by atoms with E-state index in [9.17, 15) is 0 Å². The van der Waals surface area contributed by atoms with E-state index in [1.165, 1.54) is 5.30 Å². The van der Waals surface area contributed by atoms with E-state index in [1.54, 1.807) is 18.0 Å². The molecule has 2 fully saturated rings. The van der Waals surface area contributed by atoms with Crippen LogP contribution in [0, 0.1) is 0 Å². The molecule has 0 aliphatic carbocycles. The number of piperazine rings is 1. The van der Waals surface area contributed by atoms with Crippen LogP contribution >= 0.6 is 19.5 Å². The number of hydrogen-bond acceptors (Lipinski definition) is 10. The first-order chi connectivity index (χ1) is 22.3. The number of piperidine rings is 1. The zero-order valence-corrected chi connectivity index (χ0v) is 28.9. The van der Waals surface area contributed by atoms with Crippen molar-refractivity contribution < 1.29 is 4.74 Å². The lowest BCUT2D eigenvalue weighted by molar-refractivity contribution is 0.0982. The summed E-state index contributed by atoms with van der Waals surface area (Å²) in [5.74, 6) is 1.65. The number of nitrogens with one attached hydrogen (secondary N) is 3. The van der Waals surface area contributed by atoms with Gasteiger partial charge in [-0.2, -0.15) is 10.1 Å². The van der Waals surface area contributed by atoms with Crippen LogP contribution in [0.1, 0.15) is 12.8 Å². The van der Waals surface area contributed by atoms with Crippen LogP contribution in [-0.2, 0) is 7.05 Å². The lowest BCUT2D eigenvalue weighted by Crippen LogP contribution is -2.52. The molecule has 0 saturated carbocycles. The van der Waals surface area contributed by atoms with Crippen LogP contribution < -0.4 is 30.9 Å². The van der Waals surface area contributed by atoms with E-state index in [0.29, 0.717) is 28.6 Å². The van der Waals surface area contributed by atoms with Gasteiger partial charge in [0.15, 0.2) is 5.82 Å². The Hall–Kier alpha value is -3.63. The number of likely N-dealkylation sites (N-methyl/N-ethyl adjacent to an activating group) is 1. The molecule has 0 amide bonds. The molecule has 0 spiro atoms. The minimum atomic E-state index is -0.319. The average Bonchev–Trinajstić information content (AvgIpc) is 3.47. The molecule has 2 aliphatic rings. The highest BCUT2D eigenvalue weighted by Gasteiger charge is 2.28. The van der Waals surface area contributed by atoms with Crippen molar-refractivity contribution in [1.82, 2.24) is 29.5 Å². The highest BCUT2D eigenvalue weighted by atomic mass is 35.5. The molecular formula is C33H44ClN10OP. The third-order valence-corrected chi connectivity index (χ3v) is 10.4. The number of rotatable bonds is 10. The molecule has 3 N–H and O–H groups in total. The third-order valence-electron chi connectivity index (χ3n) is 8.79. The molecule has 6 rings (SSSR count). The van der Waals surface area contributed by atoms with Gasteiger partial charge in [-0.25, -0.2) is 4.98 Å². The Labute approximate surface area is 278 Å². The van der Waals surface area contributed by atoms with E-state index in [2.05, 4.69) is 91.4 Å². The predicted octanol–water partition coefficient (Wildman–Crippen LogP) is 5.69. The number of methoxy groups -OCH3 is 1. The zero-order chi connectivity index (χ0) is 32.2. The van der Waals surface area contributed by atoms with Gasteiger partial charge in [-0.1, -0.05) is 37.7 Å². The molecule has 13 heteroatoms. The first-order valence-corrected chi connectivity index (χ1v) is 18.4. The van der Waals surface area contributed by atoms with Gasteiger partial charge in [0.25, 0.3) is 0 Å². The molecule has 2 aromatic heterocycles. The van der Waals surface area contributed by atoms with Gasteiger partial charge in [0.2, 0.25) is 5.95 Å². The Balaban J connectivity index is 1.26. The zero-order valence-electron chi connectivity index (χ0n) is 27.3. The second kappa shape index (κ2) is 14.4. The van der Waals surface area contributed by atoms with Gasteiger partial charge < -0.3 is 30.5 Å². The predicted molar refractivity (Wildman–Crippen MR) is 192 cm³/mol. The van der Waals surface area contributed by atoms with E-state index in [-0.39, 0.29) is 7.92 Å². The third kappa shape index (κ3) is 7.50. The van der Waals surface area contributed by atoms with Gasteiger partial charge in [-0.3, -0.25) is 9.58 Å². The molecule has 0 bridgehead atoms. The quantitative estimate of drug-likeness (QED) is 0.184. The minimum absolute atomic E-state index is 0.319. The van der Waals surface area contributed by atoms with Crippen LogP contribution in [0.15, 0.2) is 55.0 Å². The molecule has 0 atom stereocenters. The first-order valence-electron chi connectivity index (χ1n) is 15.8. The Morgan fingerprint density at radius 1 is 0.891 bits per heavy atom. The van der Waals surface area contributed by atoms with Gasteiger partial charge in [0.05, 0.1) is 42.3 Å². The SMILES string of the molecule is COc1cc(N2CCC(N3CCN(C)CC3)CC2)c(Nc2cnn(C)c2)cc1Nc1ncc(Cl)c(Nc2ccccc2P(C)C)n1.